The Morgan fingerprint density at radius 3 is 2.43 bits per heavy atom. The van der Waals surface area contributed by atoms with Gasteiger partial charge in [0.05, 0.1) is 42.2 Å². The fourth-order valence-corrected chi connectivity index (χ4v) is 5.70. The number of aliphatic hydroxyl groups excluding tert-OH is 1. The molecule has 44 heavy (non-hydrogen) atoms. The first kappa shape index (κ1) is 35.6. The Labute approximate surface area is 258 Å². The number of sulfonamides is 1. The summed E-state index contributed by atoms with van der Waals surface area (Å²) in [6.07, 6.45) is -1.64. The number of hydrogen-bond acceptors (Lipinski definition) is 7. The predicted molar refractivity (Wildman–Crippen MR) is 163 cm³/mol. The van der Waals surface area contributed by atoms with E-state index in [4.69, 9.17) is 9.47 Å². The van der Waals surface area contributed by atoms with E-state index in [0.717, 1.165) is 36.8 Å². The van der Waals surface area contributed by atoms with Gasteiger partial charge in [0.1, 0.15) is 5.75 Å². The van der Waals surface area contributed by atoms with Gasteiger partial charge in [0.25, 0.3) is 5.91 Å². The fourth-order valence-electron chi connectivity index (χ4n) is 5.15. The standard InChI is InChI=1S/C31H44F3N3O6S/c1-21-17-37(22(2)20-38)30(39)27-16-26(35-44(5,40)41)13-14-28(27)43-23(3)8-6-7-15-42-29(21)19-36(4)18-24-9-11-25(12-10-24)31(32,33)34/h9-14,16,21-23,29,35,38H,6-8,15,17-20H2,1-5H3/t21-,22+,23+,29+/m1/s1. The van der Waals surface area contributed by atoms with Crippen molar-refractivity contribution in [1.29, 1.82) is 0 Å². The van der Waals surface area contributed by atoms with Crippen LogP contribution >= 0.6 is 0 Å². The summed E-state index contributed by atoms with van der Waals surface area (Å²) in [4.78, 5) is 17.6. The summed E-state index contributed by atoms with van der Waals surface area (Å²) < 4.78 is 77.7. The van der Waals surface area contributed by atoms with Gasteiger partial charge < -0.3 is 19.5 Å². The highest BCUT2D eigenvalue weighted by atomic mass is 32.2. The lowest BCUT2D eigenvalue weighted by Gasteiger charge is -2.36. The van der Waals surface area contributed by atoms with E-state index in [9.17, 15) is 31.5 Å². The average molecular weight is 644 g/mol. The third kappa shape index (κ3) is 10.6. The van der Waals surface area contributed by atoms with Crippen molar-refractivity contribution in [2.75, 3.05) is 44.3 Å². The summed E-state index contributed by atoms with van der Waals surface area (Å²) in [6.45, 7) is 6.84. The molecule has 0 spiro atoms. The largest absolute Gasteiger partial charge is 0.490 e. The molecule has 1 heterocycles. The normalized spacial score (nSPS) is 21.7. The molecule has 0 unspecified atom stereocenters. The number of likely N-dealkylation sites (N-methyl/N-ethyl adjacent to an activating group) is 1. The Bertz CT molecular complexity index is 1340. The molecule has 0 bridgehead atoms. The van der Waals surface area contributed by atoms with Crippen LogP contribution in [0.3, 0.4) is 0 Å². The maximum absolute atomic E-state index is 14.1. The van der Waals surface area contributed by atoms with Crippen molar-refractivity contribution < 1.29 is 41.0 Å². The number of ether oxygens (including phenoxy) is 2. The number of nitrogens with one attached hydrogen (secondary N) is 1. The highest BCUT2D eigenvalue weighted by molar-refractivity contribution is 7.92. The number of carbonyl (C=O) groups excluding carboxylic acids is 1. The molecule has 246 valence electrons. The number of benzene rings is 2. The number of rotatable bonds is 8. The number of amides is 1. The van der Waals surface area contributed by atoms with Crippen LogP contribution in [0.25, 0.3) is 0 Å². The molecule has 0 radical (unpaired) electrons. The summed E-state index contributed by atoms with van der Waals surface area (Å²) in [6, 6.07) is 9.08. The second-order valence-electron chi connectivity index (χ2n) is 11.8. The summed E-state index contributed by atoms with van der Waals surface area (Å²) in [7, 11) is -1.74. The van der Waals surface area contributed by atoms with Gasteiger partial charge in [0.15, 0.2) is 0 Å². The Hall–Kier alpha value is -2.87. The summed E-state index contributed by atoms with van der Waals surface area (Å²) in [5, 5.41) is 10.1. The number of alkyl halides is 3. The molecule has 1 aliphatic rings. The topological polar surface area (TPSA) is 108 Å². The molecule has 2 N–H and O–H groups in total. The first-order valence-corrected chi connectivity index (χ1v) is 16.6. The highest BCUT2D eigenvalue weighted by Gasteiger charge is 2.31. The lowest BCUT2D eigenvalue weighted by molar-refractivity contribution is -0.137. The molecule has 0 saturated heterocycles. The second-order valence-corrected chi connectivity index (χ2v) is 13.5. The fraction of sp³-hybridized carbons (Fsp3) is 0.581. The maximum Gasteiger partial charge on any atom is 0.416 e. The zero-order valence-corrected chi connectivity index (χ0v) is 26.7. The van der Waals surface area contributed by atoms with E-state index in [-0.39, 0.29) is 42.5 Å². The molecule has 9 nitrogen and oxygen atoms in total. The van der Waals surface area contributed by atoms with E-state index in [1.165, 1.54) is 18.2 Å². The minimum Gasteiger partial charge on any atom is -0.490 e. The first-order valence-electron chi connectivity index (χ1n) is 14.7. The van der Waals surface area contributed by atoms with Gasteiger partial charge in [0, 0.05) is 37.8 Å². The van der Waals surface area contributed by atoms with Gasteiger partial charge in [-0.25, -0.2) is 8.42 Å². The van der Waals surface area contributed by atoms with Crippen LogP contribution in [0.2, 0.25) is 0 Å². The molecule has 0 aromatic heterocycles. The Morgan fingerprint density at radius 2 is 1.82 bits per heavy atom. The zero-order chi connectivity index (χ0) is 32.7. The monoisotopic (exact) mass is 643 g/mol. The smallest absolute Gasteiger partial charge is 0.416 e. The van der Waals surface area contributed by atoms with Crippen LogP contribution in [0.1, 0.15) is 61.5 Å². The number of carbonyl (C=O) groups is 1. The minimum absolute atomic E-state index is 0.173. The van der Waals surface area contributed by atoms with Crippen molar-refractivity contribution in [3.05, 3.63) is 59.2 Å². The minimum atomic E-state index is -4.40. The molecular weight excluding hydrogens is 599 g/mol. The number of fused-ring (bicyclic) bond motifs is 1. The van der Waals surface area contributed by atoms with Gasteiger partial charge in [-0.1, -0.05) is 19.1 Å². The highest BCUT2D eigenvalue weighted by Crippen LogP contribution is 2.30. The van der Waals surface area contributed by atoms with E-state index < -0.39 is 33.7 Å². The van der Waals surface area contributed by atoms with Crippen LogP contribution < -0.4 is 9.46 Å². The number of aliphatic hydroxyl groups is 1. The van der Waals surface area contributed by atoms with Crippen LogP contribution in [0.5, 0.6) is 5.75 Å². The van der Waals surface area contributed by atoms with E-state index in [2.05, 4.69) is 4.72 Å². The summed E-state index contributed by atoms with van der Waals surface area (Å²) in [5.41, 5.74) is 0.415. The average Bonchev–Trinajstić information content (AvgIpc) is 2.93. The Morgan fingerprint density at radius 1 is 1.14 bits per heavy atom. The molecule has 1 aliphatic heterocycles. The van der Waals surface area contributed by atoms with Gasteiger partial charge in [-0.05, 0) is 76.1 Å². The molecule has 0 aliphatic carbocycles. The molecule has 0 saturated carbocycles. The van der Waals surface area contributed by atoms with Gasteiger partial charge in [-0.3, -0.25) is 14.4 Å². The number of halogens is 3. The van der Waals surface area contributed by atoms with Gasteiger partial charge in [-0.15, -0.1) is 0 Å². The maximum atomic E-state index is 14.1. The third-order valence-electron chi connectivity index (χ3n) is 7.58. The van der Waals surface area contributed by atoms with Crippen molar-refractivity contribution in [3.63, 3.8) is 0 Å². The predicted octanol–water partition coefficient (Wildman–Crippen LogP) is 5.00. The summed E-state index contributed by atoms with van der Waals surface area (Å²) >= 11 is 0. The van der Waals surface area contributed by atoms with Crippen LogP contribution in [-0.2, 0) is 27.5 Å². The third-order valence-corrected chi connectivity index (χ3v) is 8.19. The van der Waals surface area contributed by atoms with Crippen molar-refractivity contribution in [2.45, 2.75) is 71.0 Å². The number of nitrogens with zero attached hydrogens (tertiary/aromatic N) is 2. The van der Waals surface area contributed by atoms with Gasteiger partial charge in [-0.2, -0.15) is 13.2 Å². The van der Waals surface area contributed by atoms with Crippen LogP contribution in [0, 0.1) is 5.92 Å². The van der Waals surface area contributed by atoms with E-state index in [1.54, 1.807) is 24.0 Å². The molecule has 0 fully saturated rings. The molecule has 2 aromatic carbocycles. The number of anilines is 1. The first-order chi connectivity index (χ1) is 20.6. The van der Waals surface area contributed by atoms with Crippen LogP contribution in [0.4, 0.5) is 18.9 Å². The number of hydrogen-bond donors (Lipinski definition) is 2. The van der Waals surface area contributed by atoms with Crippen molar-refractivity contribution in [2.24, 2.45) is 5.92 Å². The lowest BCUT2D eigenvalue weighted by atomic mass is 10.0. The quantitative estimate of drug-likeness (QED) is 0.417. The molecular formula is C31H44F3N3O6S. The lowest BCUT2D eigenvalue weighted by Crippen LogP contribution is -2.47. The van der Waals surface area contributed by atoms with E-state index in [1.807, 2.05) is 25.8 Å². The van der Waals surface area contributed by atoms with Gasteiger partial charge in [0.2, 0.25) is 10.0 Å². The van der Waals surface area contributed by atoms with Crippen molar-refractivity contribution in [3.8, 4) is 5.75 Å². The van der Waals surface area contributed by atoms with E-state index >= 15 is 0 Å². The molecule has 2 aromatic rings. The van der Waals surface area contributed by atoms with Crippen molar-refractivity contribution >= 4 is 21.6 Å². The SMILES string of the molecule is C[C@@H]1CN([C@@H](C)CO)C(=O)c2cc(NS(C)(=O)=O)ccc2O[C@@H](C)CCCCO[C@H]1CN(C)Cc1ccc(C(F)(F)F)cc1. The Balaban J connectivity index is 1.88. The van der Waals surface area contributed by atoms with Gasteiger partial charge >= 0.3 is 6.18 Å². The molecule has 1 amide bonds. The molecule has 13 heteroatoms. The Kier molecular flexibility index (Phi) is 12.5. The van der Waals surface area contributed by atoms with Crippen LogP contribution in [-0.4, -0.2) is 87.1 Å². The molecule has 3 rings (SSSR count). The summed E-state index contributed by atoms with van der Waals surface area (Å²) in [5.74, 6) is -0.302. The zero-order valence-electron chi connectivity index (χ0n) is 25.9. The van der Waals surface area contributed by atoms with E-state index in [0.29, 0.717) is 31.9 Å². The van der Waals surface area contributed by atoms with Crippen LogP contribution in [0.15, 0.2) is 42.5 Å². The second kappa shape index (κ2) is 15.4. The van der Waals surface area contributed by atoms with Crippen molar-refractivity contribution in [1.82, 2.24) is 9.80 Å². The molecule has 4 atom stereocenters.